The molecule has 0 fully saturated rings. The van der Waals surface area contributed by atoms with Crippen molar-refractivity contribution in [2.24, 2.45) is 0 Å². The first kappa shape index (κ1) is 13.8. The van der Waals surface area contributed by atoms with Crippen molar-refractivity contribution in [3.63, 3.8) is 0 Å². The summed E-state index contributed by atoms with van der Waals surface area (Å²) in [5.41, 5.74) is 2.05. The SMILES string of the molecule is CCNC(=O)C(C)NC1CCCc2[nH]c(=O)ccc21. The standard InChI is InChI=1S/C14H21N3O2/c1-3-15-14(19)9(2)16-11-5-4-6-12-10(11)7-8-13(18)17-12/h7-9,11,16H,3-6H2,1-2H3,(H,15,19)(H,17,18). The molecule has 0 bridgehead atoms. The van der Waals surface area contributed by atoms with Crippen LogP contribution in [0.15, 0.2) is 16.9 Å². The summed E-state index contributed by atoms with van der Waals surface area (Å²) in [4.78, 5) is 26.0. The van der Waals surface area contributed by atoms with E-state index in [0.717, 1.165) is 30.5 Å². The lowest BCUT2D eigenvalue weighted by molar-refractivity contribution is -0.122. The Balaban J connectivity index is 2.11. The van der Waals surface area contributed by atoms with Gasteiger partial charge < -0.3 is 10.3 Å². The molecule has 0 saturated carbocycles. The van der Waals surface area contributed by atoms with E-state index in [9.17, 15) is 9.59 Å². The second-order valence-corrected chi connectivity index (χ2v) is 4.98. The highest BCUT2D eigenvalue weighted by Gasteiger charge is 2.24. The molecule has 19 heavy (non-hydrogen) atoms. The minimum absolute atomic E-state index is 0.0130. The summed E-state index contributed by atoms with van der Waals surface area (Å²) < 4.78 is 0. The lowest BCUT2D eigenvalue weighted by atomic mass is 9.91. The smallest absolute Gasteiger partial charge is 0.248 e. The zero-order valence-corrected chi connectivity index (χ0v) is 11.5. The summed E-state index contributed by atoms with van der Waals surface area (Å²) in [5.74, 6) is 0.0130. The molecule has 104 valence electrons. The molecular weight excluding hydrogens is 242 g/mol. The fourth-order valence-electron chi connectivity index (χ4n) is 2.58. The van der Waals surface area contributed by atoms with Crippen molar-refractivity contribution in [1.29, 1.82) is 0 Å². The maximum atomic E-state index is 11.8. The third-order valence-electron chi connectivity index (χ3n) is 3.53. The van der Waals surface area contributed by atoms with Gasteiger partial charge in [0.1, 0.15) is 0 Å². The van der Waals surface area contributed by atoms with E-state index in [2.05, 4.69) is 15.6 Å². The van der Waals surface area contributed by atoms with E-state index in [-0.39, 0.29) is 23.6 Å². The molecule has 1 aromatic heterocycles. The molecule has 1 heterocycles. The van der Waals surface area contributed by atoms with E-state index < -0.39 is 0 Å². The molecule has 0 aliphatic heterocycles. The van der Waals surface area contributed by atoms with Crippen LogP contribution in [0.2, 0.25) is 0 Å². The second-order valence-electron chi connectivity index (χ2n) is 4.98. The van der Waals surface area contributed by atoms with Gasteiger partial charge in [-0.25, -0.2) is 0 Å². The van der Waals surface area contributed by atoms with Crippen LogP contribution in [0.5, 0.6) is 0 Å². The maximum Gasteiger partial charge on any atom is 0.248 e. The summed E-state index contributed by atoms with van der Waals surface area (Å²) >= 11 is 0. The van der Waals surface area contributed by atoms with E-state index in [4.69, 9.17) is 0 Å². The van der Waals surface area contributed by atoms with E-state index in [1.807, 2.05) is 19.9 Å². The number of fused-ring (bicyclic) bond motifs is 1. The number of aromatic nitrogens is 1. The van der Waals surface area contributed by atoms with Crippen molar-refractivity contribution in [3.05, 3.63) is 33.7 Å². The van der Waals surface area contributed by atoms with Gasteiger partial charge in [0, 0.05) is 24.3 Å². The van der Waals surface area contributed by atoms with E-state index in [0.29, 0.717) is 6.54 Å². The van der Waals surface area contributed by atoms with Gasteiger partial charge in [-0.15, -0.1) is 0 Å². The van der Waals surface area contributed by atoms with Crippen molar-refractivity contribution in [1.82, 2.24) is 15.6 Å². The lowest BCUT2D eigenvalue weighted by Gasteiger charge is -2.28. The Hall–Kier alpha value is -1.62. The van der Waals surface area contributed by atoms with Crippen LogP contribution >= 0.6 is 0 Å². The minimum Gasteiger partial charge on any atom is -0.355 e. The van der Waals surface area contributed by atoms with Crippen LogP contribution in [0.4, 0.5) is 0 Å². The first-order valence-electron chi connectivity index (χ1n) is 6.87. The highest BCUT2D eigenvalue weighted by molar-refractivity contribution is 5.81. The Morgan fingerprint density at radius 2 is 2.32 bits per heavy atom. The molecule has 0 radical (unpaired) electrons. The Morgan fingerprint density at radius 1 is 1.53 bits per heavy atom. The predicted octanol–water partition coefficient (Wildman–Crippen LogP) is 0.866. The maximum absolute atomic E-state index is 11.8. The van der Waals surface area contributed by atoms with Crippen LogP contribution in [0, 0.1) is 0 Å². The van der Waals surface area contributed by atoms with Gasteiger partial charge >= 0.3 is 0 Å². The first-order valence-corrected chi connectivity index (χ1v) is 6.87. The number of pyridine rings is 1. The largest absolute Gasteiger partial charge is 0.355 e. The number of aryl methyl sites for hydroxylation is 1. The zero-order chi connectivity index (χ0) is 13.8. The Morgan fingerprint density at radius 3 is 3.05 bits per heavy atom. The number of hydrogen-bond donors (Lipinski definition) is 3. The van der Waals surface area contributed by atoms with E-state index in [1.54, 1.807) is 6.07 Å². The van der Waals surface area contributed by atoms with Gasteiger partial charge in [0.15, 0.2) is 0 Å². The highest BCUT2D eigenvalue weighted by Crippen LogP contribution is 2.27. The molecule has 1 aliphatic carbocycles. The monoisotopic (exact) mass is 263 g/mol. The summed E-state index contributed by atoms with van der Waals surface area (Å²) in [7, 11) is 0. The van der Waals surface area contributed by atoms with Crippen molar-refractivity contribution >= 4 is 5.91 Å². The third kappa shape index (κ3) is 3.23. The summed E-state index contributed by atoms with van der Waals surface area (Å²) in [6.07, 6.45) is 2.91. The molecule has 0 saturated heterocycles. The number of carbonyl (C=O) groups is 1. The summed E-state index contributed by atoms with van der Waals surface area (Å²) in [5, 5.41) is 6.15. The third-order valence-corrected chi connectivity index (χ3v) is 3.53. The Bertz CT molecular complexity index is 510. The molecule has 2 unspecified atom stereocenters. The summed E-state index contributed by atoms with van der Waals surface area (Å²) in [6, 6.07) is 3.33. The topological polar surface area (TPSA) is 74.0 Å². The van der Waals surface area contributed by atoms with E-state index in [1.165, 1.54) is 0 Å². The molecule has 1 amide bonds. The molecule has 5 heteroatoms. The lowest BCUT2D eigenvalue weighted by Crippen LogP contribution is -2.44. The van der Waals surface area contributed by atoms with Crippen LogP contribution < -0.4 is 16.2 Å². The molecule has 1 aliphatic rings. The number of carbonyl (C=O) groups excluding carboxylic acids is 1. The van der Waals surface area contributed by atoms with E-state index >= 15 is 0 Å². The van der Waals surface area contributed by atoms with Crippen molar-refractivity contribution in [3.8, 4) is 0 Å². The highest BCUT2D eigenvalue weighted by atomic mass is 16.2. The van der Waals surface area contributed by atoms with Gasteiger partial charge in [-0.1, -0.05) is 6.07 Å². The molecule has 5 nitrogen and oxygen atoms in total. The van der Waals surface area contributed by atoms with Gasteiger partial charge in [0.2, 0.25) is 11.5 Å². The molecule has 0 aromatic carbocycles. The molecule has 2 rings (SSSR count). The number of hydrogen-bond acceptors (Lipinski definition) is 3. The van der Waals surface area contributed by atoms with Crippen LogP contribution in [-0.4, -0.2) is 23.5 Å². The van der Waals surface area contributed by atoms with Gasteiger partial charge in [0.25, 0.3) is 0 Å². The number of rotatable bonds is 4. The molecular formula is C14H21N3O2. The van der Waals surface area contributed by atoms with Crippen LogP contribution in [-0.2, 0) is 11.2 Å². The number of aromatic amines is 1. The number of H-pyrrole nitrogens is 1. The average molecular weight is 263 g/mol. The Labute approximate surface area is 112 Å². The normalized spacial score (nSPS) is 19.6. The molecule has 3 N–H and O–H groups in total. The van der Waals surface area contributed by atoms with Crippen LogP contribution in [0.1, 0.15) is 44.0 Å². The minimum atomic E-state index is -0.233. The number of likely N-dealkylation sites (N-methyl/N-ethyl adjacent to an activating group) is 1. The van der Waals surface area contributed by atoms with Gasteiger partial charge in [0.05, 0.1) is 6.04 Å². The van der Waals surface area contributed by atoms with Crippen molar-refractivity contribution in [2.75, 3.05) is 6.54 Å². The summed E-state index contributed by atoms with van der Waals surface area (Å²) in [6.45, 7) is 4.41. The average Bonchev–Trinajstić information content (AvgIpc) is 2.38. The van der Waals surface area contributed by atoms with Gasteiger partial charge in [-0.2, -0.15) is 0 Å². The van der Waals surface area contributed by atoms with Gasteiger partial charge in [-0.3, -0.25) is 14.9 Å². The fraction of sp³-hybridized carbons (Fsp3) is 0.571. The van der Waals surface area contributed by atoms with Gasteiger partial charge in [-0.05, 0) is 38.7 Å². The molecule has 0 spiro atoms. The number of amides is 1. The predicted molar refractivity (Wildman–Crippen MR) is 74.0 cm³/mol. The van der Waals surface area contributed by atoms with Crippen LogP contribution in [0.3, 0.4) is 0 Å². The first-order chi connectivity index (χ1) is 9.11. The fourth-order valence-corrected chi connectivity index (χ4v) is 2.58. The Kier molecular flexibility index (Phi) is 4.37. The van der Waals surface area contributed by atoms with Crippen LogP contribution in [0.25, 0.3) is 0 Å². The molecule has 2 atom stereocenters. The molecule has 1 aromatic rings. The van der Waals surface area contributed by atoms with Crippen molar-refractivity contribution < 1.29 is 4.79 Å². The van der Waals surface area contributed by atoms with Crippen molar-refractivity contribution in [2.45, 2.75) is 45.2 Å². The quantitative estimate of drug-likeness (QED) is 0.754. The zero-order valence-electron chi connectivity index (χ0n) is 11.5. The second kappa shape index (κ2) is 6.02. The number of nitrogens with one attached hydrogen (secondary N) is 3.